The molecule has 1 fully saturated rings. The summed E-state index contributed by atoms with van der Waals surface area (Å²) in [5, 5.41) is 2.95. The highest BCUT2D eigenvalue weighted by Gasteiger charge is 2.33. The van der Waals surface area contributed by atoms with E-state index in [2.05, 4.69) is 24.1 Å². The van der Waals surface area contributed by atoms with Crippen molar-refractivity contribution in [2.24, 2.45) is 11.1 Å². The van der Waals surface area contributed by atoms with E-state index in [0.717, 1.165) is 36.7 Å². The minimum atomic E-state index is -0.00648. The van der Waals surface area contributed by atoms with Crippen LogP contribution in [-0.2, 0) is 4.79 Å². The monoisotopic (exact) mass is 389 g/mol. The number of likely N-dealkylation sites (tertiary alicyclic amines) is 1. The molecule has 0 radical (unpaired) electrons. The first-order chi connectivity index (χ1) is 12.4. The number of hydrogen-bond acceptors (Lipinski definition) is 4. The molecule has 0 bridgehead atoms. The molecule has 3 N–H and O–H groups in total. The Bertz CT molecular complexity index is 735. The van der Waals surface area contributed by atoms with E-state index in [1.165, 1.54) is 0 Å². The minimum absolute atomic E-state index is 0. The zero-order valence-electron chi connectivity index (χ0n) is 15.9. The molecular weight excluding hydrogens is 362 g/mol. The lowest BCUT2D eigenvalue weighted by molar-refractivity contribution is -0.118. The molecule has 6 heteroatoms. The molecule has 1 aliphatic rings. The van der Waals surface area contributed by atoms with Crippen molar-refractivity contribution < 1.29 is 9.53 Å². The van der Waals surface area contributed by atoms with E-state index in [-0.39, 0.29) is 29.8 Å². The van der Waals surface area contributed by atoms with Gasteiger partial charge in [0.1, 0.15) is 11.5 Å². The molecule has 2 aromatic rings. The Hall–Kier alpha value is -2.08. The van der Waals surface area contributed by atoms with Crippen LogP contribution in [0, 0.1) is 5.41 Å². The van der Waals surface area contributed by atoms with Crippen LogP contribution in [0.2, 0.25) is 0 Å². The summed E-state index contributed by atoms with van der Waals surface area (Å²) < 4.78 is 5.76. The van der Waals surface area contributed by atoms with E-state index in [1.807, 2.05) is 54.6 Å². The van der Waals surface area contributed by atoms with Crippen molar-refractivity contribution in [3.63, 3.8) is 0 Å². The van der Waals surface area contributed by atoms with E-state index < -0.39 is 0 Å². The van der Waals surface area contributed by atoms with Crippen molar-refractivity contribution in [2.75, 3.05) is 25.0 Å². The van der Waals surface area contributed by atoms with Crippen LogP contribution >= 0.6 is 12.4 Å². The molecule has 1 heterocycles. The van der Waals surface area contributed by atoms with Crippen LogP contribution in [0.25, 0.3) is 0 Å². The number of carbonyl (C=O) groups excluding carboxylic acids is 1. The van der Waals surface area contributed by atoms with Gasteiger partial charge < -0.3 is 15.8 Å². The molecular formula is C21H28ClN3O2. The Morgan fingerprint density at radius 1 is 1.15 bits per heavy atom. The molecule has 27 heavy (non-hydrogen) atoms. The number of hydrogen-bond donors (Lipinski definition) is 2. The van der Waals surface area contributed by atoms with Gasteiger partial charge in [0.25, 0.3) is 0 Å². The van der Waals surface area contributed by atoms with Crippen molar-refractivity contribution >= 4 is 24.0 Å². The standard InChI is InChI=1S/C21H27N3O2.ClH/c1-21(2)15-24(13-12-19(21)22)14-20(25)23-16-8-10-18(11-9-16)26-17-6-4-3-5-7-17;/h3-11,19H,12-15,22H2,1-2H3,(H,23,25);1H. The third kappa shape index (κ3) is 5.96. The fraction of sp³-hybridized carbons (Fsp3) is 0.381. The van der Waals surface area contributed by atoms with Gasteiger partial charge in [0.2, 0.25) is 5.91 Å². The average molecular weight is 390 g/mol. The van der Waals surface area contributed by atoms with Gasteiger partial charge in [0.05, 0.1) is 6.54 Å². The Kier molecular flexibility index (Phi) is 7.25. The number of benzene rings is 2. The molecule has 1 atom stereocenters. The summed E-state index contributed by atoms with van der Waals surface area (Å²) in [5.74, 6) is 1.52. The maximum atomic E-state index is 12.3. The minimum Gasteiger partial charge on any atom is -0.457 e. The molecule has 0 aliphatic carbocycles. The summed E-state index contributed by atoms with van der Waals surface area (Å²) in [7, 11) is 0. The summed E-state index contributed by atoms with van der Waals surface area (Å²) >= 11 is 0. The largest absolute Gasteiger partial charge is 0.457 e. The molecule has 1 amide bonds. The SMILES string of the molecule is CC1(C)CN(CC(=O)Nc2ccc(Oc3ccccc3)cc2)CCC1N.Cl. The van der Waals surface area contributed by atoms with Crippen LogP contribution in [0.1, 0.15) is 20.3 Å². The van der Waals surface area contributed by atoms with Gasteiger partial charge in [-0.1, -0.05) is 32.0 Å². The zero-order valence-corrected chi connectivity index (χ0v) is 16.7. The molecule has 1 saturated heterocycles. The first-order valence-corrected chi connectivity index (χ1v) is 9.03. The van der Waals surface area contributed by atoms with Crippen molar-refractivity contribution in [1.29, 1.82) is 0 Å². The first kappa shape index (κ1) is 21.2. The highest BCUT2D eigenvalue weighted by atomic mass is 35.5. The quantitative estimate of drug-likeness (QED) is 0.813. The Labute approximate surface area is 167 Å². The first-order valence-electron chi connectivity index (χ1n) is 9.03. The number of halogens is 1. The smallest absolute Gasteiger partial charge is 0.238 e. The normalized spacial score (nSPS) is 19.0. The highest BCUT2D eigenvalue weighted by molar-refractivity contribution is 5.92. The molecule has 0 saturated carbocycles. The van der Waals surface area contributed by atoms with Crippen LogP contribution in [-0.4, -0.2) is 36.5 Å². The summed E-state index contributed by atoms with van der Waals surface area (Å²) in [5.41, 5.74) is 6.96. The van der Waals surface area contributed by atoms with Gasteiger partial charge in [-0.25, -0.2) is 0 Å². The van der Waals surface area contributed by atoms with E-state index in [0.29, 0.717) is 6.54 Å². The number of para-hydroxylation sites is 1. The topological polar surface area (TPSA) is 67.6 Å². The van der Waals surface area contributed by atoms with Crippen LogP contribution in [0.15, 0.2) is 54.6 Å². The zero-order chi connectivity index (χ0) is 18.6. The fourth-order valence-electron chi connectivity index (χ4n) is 3.25. The van der Waals surface area contributed by atoms with Gasteiger partial charge in [0, 0.05) is 24.8 Å². The third-order valence-corrected chi connectivity index (χ3v) is 4.88. The summed E-state index contributed by atoms with van der Waals surface area (Å²) in [6, 6.07) is 17.2. The Morgan fingerprint density at radius 2 is 1.78 bits per heavy atom. The summed E-state index contributed by atoms with van der Waals surface area (Å²) in [6.45, 7) is 6.41. The van der Waals surface area contributed by atoms with Crippen LogP contribution < -0.4 is 15.8 Å². The number of amides is 1. The lowest BCUT2D eigenvalue weighted by Gasteiger charge is -2.42. The van der Waals surface area contributed by atoms with Gasteiger partial charge in [-0.15, -0.1) is 12.4 Å². The van der Waals surface area contributed by atoms with Crippen molar-refractivity contribution in [3.8, 4) is 11.5 Å². The van der Waals surface area contributed by atoms with Crippen LogP contribution in [0.3, 0.4) is 0 Å². The number of nitrogens with one attached hydrogen (secondary N) is 1. The van der Waals surface area contributed by atoms with Gasteiger partial charge in [-0.3, -0.25) is 9.69 Å². The third-order valence-electron chi connectivity index (χ3n) is 4.88. The number of anilines is 1. The number of carbonyl (C=O) groups is 1. The lowest BCUT2D eigenvalue weighted by Crippen LogP contribution is -2.53. The number of ether oxygens (including phenoxy) is 1. The predicted octanol–water partition coefficient (Wildman–Crippen LogP) is 3.90. The predicted molar refractivity (Wildman–Crippen MR) is 112 cm³/mol. The molecule has 1 unspecified atom stereocenters. The van der Waals surface area contributed by atoms with Gasteiger partial charge in [-0.05, 0) is 48.2 Å². The second kappa shape index (κ2) is 9.22. The average Bonchev–Trinajstić information content (AvgIpc) is 2.60. The Balaban J connectivity index is 0.00000261. The van der Waals surface area contributed by atoms with E-state index >= 15 is 0 Å². The van der Waals surface area contributed by atoms with Gasteiger partial charge in [-0.2, -0.15) is 0 Å². The summed E-state index contributed by atoms with van der Waals surface area (Å²) in [4.78, 5) is 14.5. The van der Waals surface area contributed by atoms with E-state index in [9.17, 15) is 4.79 Å². The maximum Gasteiger partial charge on any atom is 0.238 e. The molecule has 0 spiro atoms. The molecule has 0 aromatic heterocycles. The second-order valence-corrected chi connectivity index (χ2v) is 7.58. The highest BCUT2D eigenvalue weighted by Crippen LogP contribution is 2.27. The van der Waals surface area contributed by atoms with Crippen molar-refractivity contribution in [1.82, 2.24) is 4.90 Å². The van der Waals surface area contributed by atoms with E-state index in [1.54, 1.807) is 0 Å². The van der Waals surface area contributed by atoms with Gasteiger partial charge in [0.15, 0.2) is 0 Å². The van der Waals surface area contributed by atoms with Gasteiger partial charge >= 0.3 is 0 Å². The lowest BCUT2D eigenvalue weighted by atomic mass is 9.80. The number of piperidine rings is 1. The van der Waals surface area contributed by atoms with Crippen molar-refractivity contribution in [3.05, 3.63) is 54.6 Å². The molecule has 5 nitrogen and oxygen atoms in total. The Morgan fingerprint density at radius 3 is 2.41 bits per heavy atom. The summed E-state index contributed by atoms with van der Waals surface area (Å²) in [6.07, 6.45) is 0.922. The fourth-order valence-corrected chi connectivity index (χ4v) is 3.25. The molecule has 146 valence electrons. The maximum absolute atomic E-state index is 12.3. The molecule has 1 aliphatic heterocycles. The number of nitrogens with two attached hydrogens (primary N) is 1. The number of nitrogens with zero attached hydrogens (tertiary/aromatic N) is 1. The number of rotatable bonds is 5. The second-order valence-electron chi connectivity index (χ2n) is 7.58. The molecule has 3 rings (SSSR count). The molecule has 2 aromatic carbocycles. The van der Waals surface area contributed by atoms with E-state index in [4.69, 9.17) is 10.5 Å². The van der Waals surface area contributed by atoms with Crippen LogP contribution in [0.5, 0.6) is 11.5 Å². The van der Waals surface area contributed by atoms with Crippen LogP contribution in [0.4, 0.5) is 5.69 Å². The van der Waals surface area contributed by atoms with Crippen molar-refractivity contribution in [2.45, 2.75) is 26.3 Å².